The van der Waals surface area contributed by atoms with Gasteiger partial charge in [-0.2, -0.15) is 0 Å². The molecule has 0 radical (unpaired) electrons. The van der Waals surface area contributed by atoms with E-state index in [1.807, 2.05) is 11.8 Å². The fourth-order valence-electron chi connectivity index (χ4n) is 1.70. The van der Waals surface area contributed by atoms with Gasteiger partial charge in [-0.05, 0) is 12.5 Å². The van der Waals surface area contributed by atoms with E-state index in [0.29, 0.717) is 18.4 Å². The fraction of sp³-hybridized carbons (Fsp3) is 0.545. The highest BCUT2D eigenvalue weighted by Gasteiger charge is 2.30. The molecule has 16 heavy (non-hydrogen) atoms. The van der Waals surface area contributed by atoms with Crippen LogP contribution in [0.3, 0.4) is 0 Å². The van der Waals surface area contributed by atoms with Gasteiger partial charge in [-0.1, -0.05) is 6.92 Å². The van der Waals surface area contributed by atoms with Gasteiger partial charge in [-0.25, -0.2) is 9.97 Å². The monoisotopic (exact) mass is 220 g/mol. The average molecular weight is 220 g/mol. The fourth-order valence-corrected chi connectivity index (χ4v) is 1.70. The molecule has 1 aliphatic heterocycles. The molecular weight excluding hydrogens is 204 g/mol. The van der Waals surface area contributed by atoms with Crippen LogP contribution in [-0.4, -0.2) is 39.9 Å². The predicted molar refractivity (Wildman–Crippen MR) is 60.9 cm³/mol. The number of carbonyl (C=O) groups excluding carboxylic acids is 1. The molecule has 0 saturated carbocycles. The number of carbonyl (C=O) groups is 1. The van der Waals surface area contributed by atoms with Gasteiger partial charge < -0.3 is 10.2 Å². The van der Waals surface area contributed by atoms with Gasteiger partial charge in [0, 0.05) is 31.9 Å². The largest absolute Gasteiger partial charge is 0.348 e. The second-order valence-corrected chi connectivity index (χ2v) is 3.96. The van der Waals surface area contributed by atoms with Crippen molar-refractivity contribution >= 4 is 11.9 Å². The van der Waals surface area contributed by atoms with Gasteiger partial charge in [-0.15, -0.1) is 0 Å². The Hall–Kier alpha value is -1.65. The van der Waals surface area contributed by atoms with E-state index in [2.05, 4.69) is 15.3 Å². The van der Waals surface area contributed by atoms with E-state index < -0.39 is 0 Å². The van der Waals surface area contributed by atoms with Gasteiger partial charge in [0.15, 0.2) is 0 Å². The Morgan fingerprint density at radius 2 is 2.19 bits per heavy atom. The predicted octanol–water partition coefficient (Wildman–Crippen LogP) is 0.899. The summed E-state index contributed by atoms with van der Waals surface area (Å²) in [7, 11) is 0. The molecule has 2 rings (SSSR count). The van der Waals surface area contributed by atoms with Crippen LogP contribution < -0.4 is 5.32 Å². The van der Waals surface area contributed by atoms with Crippen LogP contribution in [0.25, 0.3) is 0 Å². The lowest BCUT2D eigenvalue weighted by Crippen LogP contribution is -2.57. The summed E-state index contributed by atoms with van der Waals surface area (Å²) in [5, 5.41) is 3.19. The molecule has 0 spiro atoms. The maximum Gasteiger partial charge on any atom is 0.222 e. The number of likely N-dealkylation sites (tertiary alicyclic amines) is 1. The summed E-state index contributed by atoms with van der Waals surface area (Å²) in [6.45, 7) is 3.54. The van der Waals surface area contributed by atoms with E-state index in [0.717, 1.165) is 19.5 Å². The lowest BCUT2D eigenvalue weighted by atomic mass is 10.1. The van der Waals surface area contributed by atoms with Gasteiger partial charge in [0.25, 0.3) is 0 Å². The summed E-state index contributed by atoms with van der Waals surface area (Å²) in [5.41, 5.74) is 0. The molecule has 1 aromatic heterocycles. The first-order valence-corrected chi connectivity index (χ1v) is 5.61. The molecule has 0 atom stereocenters. The molecule has 0 bridgehead atoms. The second-order valence-electron chi connectivity index (χ2n) is 3.96. The summed E-state index contributed by atoms with van der Waals surface area (Å²) in [6, 6.07) is 2.08. The summed E-state index contributed by atoms with van der Waals surface area (Å²) >= 11 is 0. The Labute approximate surface area is 94.9 Å². The van der Waals surface area contributed by atoms with Gasteiger partial charge in [0.1, 0.15) is 0 Å². The summed E-state index contributed by atoms with van der Waals surface area (Å²) in [6.07, 6.45) is 4.96. The maximum atomic E-state index is 11.5. The standard InChI is InChI=1S/C11H16N4O/c1-2-4-10(16)15-7-9(8-15)14-11-12-5-3-6-13-11/h3,5-6,9H,2,4,7-8H2,1H3,(H,12,13,14). The molecule has 5 nitrogen and oxygen atoms in total. The first-order chi connectivity index (χ1) is 7.79. The van der Waals surface area contributed by atoms with Crippen LogP contribution in [0.2, 0.25) is 0 Å². The minimum Gasteiger partial charge on any atom is -0.348 e. The zero-order valence-electron chi connectivity index (χ0n) is 9.39. The Kier molecular flexibility index (Phi) is 3.34. The number of nitrogens with zero attached hydrogens (tertiary/aromatic N) is 3. The molecule has 1 aromatic rings. The van der Waals surface area contributed by atoms with Gasteiger partial charge in [0.2, 0.25) is 11.9 Å². The lowest BCUT2D eigenvalue weighted by molar-refractivity contribution is -0.135. The quantitative estimate of drug-likeness (QED) is 0.819. The van der Waals surface area contributed by atoms with Gasteiger partial charge >= 0.3 is 0 Å². The van der Waals surface area contributed by atoms with E-state index in [4.69, 9.17) is 0 Å². The summed E-state index contributed by atoms with van der Waals surface area (Å²) < 4.78 is 0. The summed E-state index contributed by atoms with van der Waals surface area (Å²) in [5.74, 6) is 0.879. The SMILES string of the molecule is CCCC(=O)N1CC(Nc2ncccn2)C1. The number of rotatable bonds is 4. The van der Waals surface area contributed by atoms with Crippen LogP contribution in [0.15, 0.2) is 18.5 Å². The Balaban J connectivity index is 1.75. The van der Waals surface area contributed by atoms with Crippen molar-refractivity contribution in [1.82, 2.24) is 14.9 Å². The maximum absolute atomic E-state index is 11.5. The van der Waals surface area contributed by atoms with Crippen LogP contribution in [-0.2, 0) is 4.79 Å². The van der Waals surface area contributed by atoms with Crippen molar-refractivity contribution in [2.75, 3.05) is 18.4 Å². The third-order valence-corrected chi connectivity index (χ3v) is 2.60. The minimum atomic E-state index is 0.245. The van der Waals surface area contributed by atoms with E-state index in [-0.39, 0.29) is 5.91 Å². The molecule has 1 aliphatic rings. The number of aromatic nitrogens is 2. The van der Waals surface area contributed by atoms with Crippen molar-refractivity contribution in [3.8, 4) is 0 Å². The molecule has 86 valence electrons. The third-order valence-electron chi connectivity index (χ3n) is 2.60. The first kappa shape index (κ1) is 10.9. The van der Waals surface area contributed by atoms with Crippen LogP contribution in [0, 0.1) is 0 Å². The topological polar surface area (TPSA) is 58.1 Å². The zero-order valence-corrected chi connectivity index (χ0v) is 9.39. The highest BCUT2D eigenvalue weighted by Crippen LogP contribution is 2.13. The van der Waals surface area contributed by atoms with Crippen LogP contribution in [0.1, 0.15) is 19.8 Å². The molecule has 0 unspecified atom stereocenters. The molecule has 1 fully saturated rings. The van der Waals surface area contributed by atoms with Crippen molar-refractivity contribution in [1.29, 1.82) is 0 Å². The van der Waals surface area contributed by atoms with Crippen molar-refractivity contribution < 1.29 is 4.79 Å². The van der Waals surface area contributed by atoms with Crippen LogP contribution >= 0.6 is 0 Å². The van der Waals surface area contributed by atoms with Crippen molar-refractivity contribution in [2.45, 2.75) is 25.8 Å². The molecule has 1 N–H and O–H groups in total. The molecular formula is C11H16N4O. The number of nitrogens with one attached hydrogen (secondary N) is 1. The molecule has 1 saturated heterocycles. The smallest absolute Gasteiger partial charge is 0.222 e. The van der Waals surface area contributed by atoms with E-state index in [1.165, 1.54) is 0 Å². The highest BCUT2D eigenvalue weighted by molar-refractivity contribution is 5.77. The normalized spacial score (nSPS) is 15.7. The van der Waals surface area contributed by atoms with Crippen LogP contribution in [0.5, 0.6) is 0 Å². The Morgan fingerprint density at radius 1 is 1.50 bits per heavy atom. The van der Waals surface area contributed by atoms with E-state index in [9.17, 15) is 4.79 Å². The Bertz CT molecular complexity index is 348. The second kappa shape index (κ2) is 4.92. The number of amides is 1. The number of hydrogen-bond acceptors (Lipinski definition) is 4. The first-order valence-electron chi connectivity index (χ1n) is 5.61. The molecule has 1 amide bonds. The van der Waals surface area contributed by atoms with E-state index >= 15 is 0 Å². The Morgan fingerprint density at radius 3 is 2.81 bits per heavy atom. The van der Waals surface area contributed by atoms with Crippen LogP contribution in [0.4, 0.5) is 5.95 Å². The zero-order chi connectivity index (χ0) is 11.4. The van der Waals surface area contributed by atoms with Crippen molar-refractivity contribution in [2.24, 2.45) is 0 Å². The van der Waals surface area contributed by atoms with Gasteiger partial charge in [-0.3, -0.25) is 4.79 Å². The average Bonchev–Trinajstić information content (AvgIpc) is 2.24. The minimum absolute atomic E-state index is 0.245. The van der Waals surface area contributed by atoms with Crippen molar-refractivity contribution in [3.63, 3.8) is 0 Å². The third kappa shape index (κ3) is 2.48. The molecule has 0 aliphatic carbocycles. The van der Waals surface area contributed by atoms with Gasteiger partial charge in [0.05, 0.1) is 6.04 Å². The molecule has 5 heteroatoms. The molecule has 2 heterocycles. The highest BCUT2D eigenvalue weighted by atomic mass is 16.2. The van der Waals surface area contributed by atoms with Crippen molar-refractivity contribution in [3.05, 3.63) is 18.5 Å². The lowest BCUT2D eigenvalue weighted by Gasteiger charge is -2.39. The summed E-state index contributed by atoms with van der Waals surface area (Å²) in [4.78, 5) is 21.5. The number of anilines is 1. The van der Waals surface area contributed by atoms with E-state index in [1.54, 1.807) is 18.5 Å². The number of hydrogen-bond donors (Lipinski definition) is 1. The molecule has 0 aromatic carbocycles.